The van der Waals surface area contributed by atoms with Crippen LogP contribution >= 0.6 is 23.2 Å². The van der Waals surface area contributed by atoms with Gasteiger partial charge in [0.15, 0.2) is 0 Å². The molecule has 0 amide bonds. The number of likely N-dealkylation sites (N-methyl/N-ethyl adjacent to an activating group) is 1. The molecule has 0 aliphatic carbocycles. The number of nitrogens with one attached hydrogen (secondary N) is 1. The number of hydrogen-bond acceptors (Lipinski definition) is 1. The minimum Gasteiger partial charge on any atom is -0.319 e. The Labute approximate surface area is 95.4 Å². The zero-order valence-electron chi connectivity index (χ0n) is 8.70. The summed E-state index contributed by atoms with van der Waals surface area (Å²) in [5.74, 6) is 0. The topological polar surface area (TPSA) is 12.0 Å². The Balaban J connectivity index is 3.01. The quantitative estimate of drug-likeness (QED) is 0.841. The van der Waals surface area contributed by atoms with Gasteiger partial charge in [0.2, 0.25) is 0 Å². The van der Waals surface area contributed by atoms with E-state index in [0.29, 0.717) is 10.0 Å². The molecule has 0 bridgehead atoms. The summed E-state index contributed by atoms with van der Waals surface area (Å²) in [5, 5.41) is 4.39. The molecule has 0 atom stereocenters. The summed E-state index contributed by atoms with van der Waals surface area (Å²) >= 11 is 11.8. The lowest BCUT2D eigenvalue weighted by Crippen LogP contribution is -2.30. The normalized spacial score (nSPS) is 11.8. The molecule has 78 valence electrons. The van der Waals surface area contributed by atoms with Crippen molar-refractivity contribution in [3.05, 3.63) is 33.8 Å². The number of benzene rings is 1. The minimum atomic E-state index is 0.0724. The van der Waals surface area contributed by atoms with Crippen LogP contribution in [0, 0.1) is 0 Å². The highest BCUT2D eigenvalue weighted by molar-refractivity contribution is 6.42. The first-order valence-electron chi connectivity index (χ1n) is 4.57. The van der Waals surface area contributed by atoms with Crippen molar-refractivity contribution >= 4 is 23.2 Å². The molecule has 1 aromatic rings. The summed E-state index contributed by atoms with van der Waals surface area (Å²) in [6.45, 7) is 5.25. The highest BCUT2D eigenvalue weighted by Crippen LogP contribution is 2.29. The summed E-state index contributed by atoms with van der Waals surface area (Å²) < 4.78 is 0. The summed E-state index contributed by atoms with van der Waals surface area (Å²) in [4.78, 5) is 0. The standard InChI is InChI=1S/C11H15Cl2N/c1-11(2,7-14-3)8-4-5-9(12)10(13)6-8/h4-6,14H,7H2,1-3H3. The fraction of sp³-hybridized carbons (Fsp3) is 0.455. The third-order valence-electron chi connectivity index (χ3n) is 2.32. The number of rotatable bonds is 3. The maximum atomic E-state index is 5.97. The molecule has 1 N–H and O–H groups in total. The van der Waals surface area contributed by atoms with E-state index in [0.717, 1.165) is 6.54 Å². The van der Waals surface area contributed by atoms with E-state index in [9.17, 15) is 0 Å². The van der Waals surface area contributed by atoms with Gasteiger partial charge in [-0.05, 0) is 24.7 Å². The molecule has 0 radical (unpaired) electrons. The lowest BCUT2D eigenvalue weighted by molar-refractivity contribution is 0.494. The van der Waals surface area contributed by atoms with E-state index in [1.165, 1.54) is 5.56 Å². The third kappa shape index (κ3) is 2.63. The van der Waals surface area contributed by atoms with Crippen molar-refractivity contribution in [2.24, 2.45) is 0 Å². The van der Waals surface area contributed by atoms with E-state index in [1.54, 1.807) is 0 Å². The maximum Gasteiger partial charge on any atom is 0.0595 e. The summed E-state index contributed by atoms with van der Waals surface area (Å²) in [6.07, 6.45) is 0. The summed E-state index contributed by atoms with van der Waals surface area (Å²) in [7, 11) is 1.94. The third-order valence-corrected chi connectivity index (χ3v) is 3.06. The average Bonchev–Trinajstić information content (AvgIpc) is 2.09. The predicted molar refractivity (Wildman–Crippen MR) is 63.4 cm³/mol. The van der Waals surface area contributed by atoms with Crippen LogP contribution in [-0.2, 0) is 5.41 Å². The first kappa shape index (κ1) is 11.8. The van der Waals surface area contributed by atoms with Crippen LogP contribution in [0.2, 0.25) is 10.0 Å². The van der Waals surface area contributed by atoms with E-state index < -0.39 is 0 Å². The largest absolute Gasteiger partial charge is 0.319 e. The highest BCUT2D eigenvalue weighted by Gasteiger charge is 2.20. The molecule has 0 aliphatic rings. The smallest absolute Gasteiger partial charge is 0.0595 e. The average molecular weight is 232 g/mol. The molecule has 14 heavy (non-hydrogen) atoms. The van der Waals surface area contributed by atoms with Crippen molar-refractivity contribution < 1.29 is 0 Å². The molecule has 1 rings (SSSR count). The Kier molecular flexibility index (Phi) is 3.82. The Bertz CT molecular complexity index is 321. The van der Waals surface area contributed by atoms with Crippen LogP contribution in [0.3, 0.4) is 0 Å². The monoisotopic (exact) mass is 231 g/mol. The first-order chi connectivity index (χ1) is 6.47. The van der Waals surface area contributed by atoms with Gasteiger partial charge in [-0.3, -0.25) is 0 Å². The molecule has 1 aromatic carbocycles. The Morgan fingerprint density at radius 2 is 1.86 bits per heavy atom. The van der Waals surface area contributed by atoms with Gasteiger partial charge in [0.1, 0.15) is 0 Å². The highest BCUT2D eigenvalue weighted by atomic mass is 35.5. The Hall–Kier alpha value is -0.240. The molecular weight excluding hydrogens is 217 g/mol. The SMILES string of the molecule is CNCC(C)(C)c1ccc(Cl)c(Cl)c1. The molecule has 0 saturated heterocycles. The second-order valence-electron chi connectivity index (χ2n) is 4.04. The van der Waals surface area contributed by atoms with Crippen molar-refractivity contribution in [1.29, 1.82) is 0 Å². The van der Waals surface area contributed by atoms with E-state index >= 15 is 0 Å². The molecule has 0 aliphatic heterocycles. The predicted octanol–water partition coefficient (Wildman–Crippen LogP) is 3.49. The maximum absolute atomic E-state index is 5.97. The second kappa shape index (κ2) is 4.52. The molecule has 0 aromatic heterocycles. The van der Waals surface area contributed by atoms with Gasteiger partial charge in [0.25, 0.3) is 0 Å². The lowest BCUT2D eigenvalue weighted by atomic mass is 9.85. The van der Waals surface area contributed by atoms with E-state index in [1.807, 2.05) is 25.2 Å². The van der Waals surface area contributed by atoms with Crippen LogP contribution in [0.1, 0.15) is 19.4 Å². The van der Waals surface area contributed by atoms with Crippen LogP contribution in [0.25, 0.3) is 0 Å². The van der Waals surface area contributed by atoms with Gasteiger partial charge in [0.05, 0.1) is 10.0 Å². The van der Waals surface area contributed by atoms with Crippen LogP contribution in [0.4, 0.5) is 0 Å². The fourth-order valence-electron chi connectivity index (χ4n) is 1.46. The minimum absolute atomic E-state index is 0.0724. The van der Waals surface area contributed by atoms with Crippen molar-refractivity contribution in [3.8, 4) is 0 Å². The number of hydrogen-bond donors (Lipinski definition) is 1. The van der Waals surface area contributed by atoms with Gasteiger partial charge in [-0.1, -0.05) is 43.1 Å². The molecule has 0 saturated carbocycles. The van der Waals surface area contributed by atoms with Crippen molar-refractivity contribution in [2.45, 2.75) is 19.3 Å². The molecule has 0 spiro atoms. The van der Waals surface area contributed by atoms with Crippen molar-refractivity contribution in [2.75, 3.05) is 13.6 Å². The molecule has 3 heteroatoms. The molecule has 0 heterocycles. The summed E-state index contributed by atoms with van der Waals surface area (Å²) in [6, 6.07) is 5.80. The summed E-state index contributed by atoms with van der Waals surface area (Å²) in [5.41, 5.74) is 1.27. The van der Waals surface area contributed by atoms with E-state index in [2.05, 4.69) is 19.2 Å². The van der Waals surface area contributed by atoms with E-state index in [4.69, 9.17) is 23.2 Å². The van der Waals surface area contributed by atoms with E-state index in [-0.39, 0.29) is 5.41 Å². The molecule has 1 nitrogen and oxygen atoms in total. The van der Waals surface area contributed by atoms with Crippen molar-refractivity contribution in [3.63, 3.8) is 0 Å². The molecule has 0 fully saturated rings. The van der Waals surface area contributed by atoms with Crippen molar-refractivity contribution in [1.82, 2.24) is 5.32 Å². The van der Waals surface area contributed by atoms with Crippen LogP contribution in [-0.4, -0.2) is 13.6 Å². The molecule has 0 unspecified atom stereocenters. The van der Waals surface area contributed by atoms with Gasteiger partial charge in [-0.2, -0.15) is 0 Å². The van der Waals surface area contributed by atoms with Gasteiger partial charge in [-0.25, -0.2) is 0 Å². The molecular formula is C11H15Cl2N. The fourth-order valence-corrected chi connectivity index (χ4v) is 1.76. The van der Waals surface area contributed by atoms with Crippen LogP contribution in [0.15, 0.2) is 18.2 Å². The van der Waals surface area contributed by atoms with Gasteiger partial charge < -0.3 is 5.32 Å². The second-order valence-corrected chi connectivity index (χ2v) is 4.86. The van der Waals surface area contributed by atoms with Gasteiger partial charge in [0, 0.05) is 12.0 Å². The first-order valence-corrected chi connectivity index (χ1v) is 5.33. The zero-order chi connectivity index (χ0) is 10.8. The zero-order valence-corrected chi connectivity index (χ0v) is 10.2. The Morgan fingerprint density at radius 3 is 2.36 bits per heavy atom. The van der Waals surface area contributed by atoms with Gasteiger partial charge >= 0.3 is 0 Å². The number of halogens is 2. The van der Waals surface area contributed by atoms with Crippen LogP contribution in [0.5, 0.6) is 0 Å². The van der Waals surface area contributed by atoms with Gasteiger partial charge in [-0.15, -0.1) is 0 Å². The van der Waals surface area contributed by atoms with Crippen LogP contribution < -0.4 is 5.32 Å². The lowest BCUT2D eigenvalue weighted by Gasteiger charge is -2.25. The Morgan fingerprint density at radius 1 is 1.21 bits per heavy atom.